The van der Waals surface area contributed by atoms with E-state index in [4.69, 9.17) is 33.8 Å². The third kappa shape index (κ3) is 20.1. The first kappa shape index (κ1) is 44.0. The molecule has 0 rings (SSSR count). The molecule has 0 aromatic carbocycles. The number of aliphatic carboxylic acids is 1. The van der Waals surface area contributed by atoms with E-state index in [1.807, 2.05) is 0 Å². The number of hydrogen-bond donors (Lipinski definition) is 12. The zero-order valence-electron chi connectivity index (χ0n) is 27.3. The molecule has 0 aliphatic heterocycles. The minimum Gasteiger partial charge on any atom is -0.480 e. The van der Waals surface area contributed by atoms with Crippen LogP contribution in [0.15, 0.2) is 0 Å². The number of carboxylic acids is 1. The van der Waals surface area contributed by atoms with Crippen LogP contribution >= 0.6 is 12.6 Å². The van der Waals surface area contributed by atoms with Gasteiger partial charge in [-0.05, 0) is 96.8 Å². The van der Waals surface area contributed by atoms with E-state index in [2.05, 4.69) is 39.2 Å². The number of rotatable bonds is 28. The van der Waals surface area contributed by atoms with E-state index in [1.54, 1.807) is 0 Å². The molecule has 0 aliphatic carbocycles. The lowest BCUT2D eigenvalue weighted by molar-refractivity contribution is -0.141. The van der Waals surface area contributed by atoms with Gasteiger partial charge in [-0.1, -0.05) is 6.42 Å². The topological polar surface area (TPSA) is 313 Å². The number of carboxylic acid groups (broad SMARTS) is 1. The van der Waals surface area contributed by atoms with E-state index < -0.39 is 72.3 Å². The summed E-state index contributed by atoms with van der Waals surface area (Å²) < 4.78 is 0. The van der Waals surface area contributed by atoms with Crippen molar-refractivity contribution in [3.8, 4) is 0 Å². The number of thiol groups is 1. The first-order valence-corrected chi connectivity index (χ1v) is 17.0. The molecular weight excluding hydrogens is 632 g/mol. The maximum atomic E-state index is 13.5. The quantitative estimate of drug-likeness (QED) is 0.0287. The Morgan fingerprint density at radius 1 is 0.532 bits per heavy atom. The van der Waals surface area contributed by atoms with Crippen LogP contribution in [-0.2, 0) is 28.8 Å². The van der Waals surface area contributed by atoms with Crippen molar-refractivity contribution < 1.29 is 33.9 Å². The lowest BCUT2D eigenvalue weighted by atomic mass is 10.0. The van der Waals surface area contributed by atoms with Crippen LogP contribution < -0.4 is 55.3 Å². The summed E-state index contributed by atoms with van der Waals surface area (Å²) in [7, 11) is 0. The number of nitrogens with two attached hydrogens (primary N) is 5. The summed E-state index contributed by atoms with van der Waals surface area (Å²) in [6.07, 6.45) is 5.69. The van der Waals surface area contributed by atoms with Gasteiger partial charge in [-0.3, -0.25) is 24.0 Å². The minimum atomic E-state index is -1.28. The van der Waals surface area contributed by atoms with Gasteiger partial charge in [0.25, 0.3) is 0 Å². The highest BCUT2D eigenvalue weighted by atomic mass is 32.1. The van der Waals surface area contributed by atoms with Crippen molar-refractivity contribution in [1.29, 1.82) is 0 Å². The van der Waals surface area contributed by atoms with Crippen molar-refractivity contribution in [2.45, 2.75) is 107 Å². The summed E-state index contributed by atoms with van der Waals surface area (Å²) in [5, 5.41) is 21.9. The third-order valence-corrected chi connectivity index (χ3v) is 7.65. The molecule has 0 aromatic rings. The van der Waals surface area contributed by atoms with Crippen molar-refractivity contribution >= 4 is 48.1 Å². The monoisotopic (exact) mass is 690 g/mol. The van der Waals surface area contributed by atoms with Crippen molar-refractivity contribution in [2.75, 3.05) is 38.5 Å². The molecule has 0 radical (unpaired) electrons. The molecule has 0 saturated carbocycles. The van der Waals surface area contributed by atoms with E-state index in [0.717, 1.165) is 0 Å². The predicted molar refractivity (Wildman–Crippen MR) is 182 cm³/mol. The molecular formula is C29H58N10O7S. The smallest absolute Gasteiger partial charge is 0.327 e. The highest BCUT2D eigenvalue weighted by Crippen LogP contribution is 2.08. The molecule has 18 heteroatoms. The van der Waals surface area contributed by atoms with Crippen LogP contribution in [0, 0.1) is 0 Å². The summed E-state index contributed by atoms with van der Waals surface area (Å²) in [6.45, 7) is 1.06. The maximum absolute atomic E-state index is 13.5. The van der Waals surface area contributed by atoms with Crippen LogP contribution in [0.4, 0.5) is 0 Å². The van der Waals surface area contributed by atoms with Gasteiger partial charge >= 0.3 is 5.97 Å². The van der Waals surface area contributed by atoms with Crippen molar-refractivity contribution in [3.05, 3.63) is 0 Å². The molecule has 0 bridgehead atoms. The first-order chi connectivity index (χ1) is 22.4. The SMILES string of the molecule is NCCCC[C@H](NC(=O)[C@H](CCCCN)NC(=O)[C@H](CCCCN)NC(=O)[C@@H](N)CCCCN)C(=O)NCC(=O)N[C@@H](CS)C(=O)O. The van der Waals surface area contributed by atoms with Gasteiger partial charge in [0.05, 0.1) is 12.6 Å². The molecule has 0 spiro atoms. The van der Waals surface area contributed by atoms with Gasteiger partial charge in [0.15, 0.2) is 0 Å². The molecule has 16 N–H and O–H groups in total. The number of carbonyl (C=O) groups excluding carboxylic acids is 5. The normalized spacial score (nSPS) is 14.2. The van der Waals surface area contributed by atoms with E-state index in [1.165, 1.54) is 0 Å². The highest BCUT2D eigenvalue weighted by molar-refractivity contribution is 7.80. The standard InChI is InChI=1S/C29H58N10O7S/c30-13-5-1-9-19(34)25(41)37-21(11-3-7-15-32)27(43)39-22(12-4-8-16-33)28(44)38-20(10-2-6-14-31)26(42)35-17-24(40)36-23(18-47)29(45)46/h19-23,47H,1-18,30-34H2,(H,35,42)(H,36,40)(H,37,41)(H,38,44)(H,39,43)(H,45,46)/t19-,20-,21-,22-,23-/m0/s1. The van der Waals surface area contributed by atoms with Gasteiger partial charge in [0.2, 0.25) is 29.5 Å². The third-order valence-electron chi connectivity index (χ3n) is 7.28. The Morgan fingerprint density at radius 2 is 0.915 bits per heavy atom. The molecule has 0 fully saturated rings. The summed E-state index contributed by atoms with van der Waals surface area (Å²) in [5.74, 6) is -4.57. The average molecular weight is 691 g/mol. The van der Waals surface area contributed by atoms with E-state index in [9.17, 15) is 28.8 Å². The second-order valence-electron chi connectivity index (χ2n) is 11.3. The highest BCUT2D eigenvalue weighted by Gasteiger charge is 2.30. The van der Waals surface area contributed by atoms with Crippen molar-refractivity contribution in [1.82, 2.24) is 26.6 Å². The molecule has 0 aromatic heterocycles. The first-order valence-electron chi connectivity index (χ1n) is 16.3. The molecule has 0 aliphatic rings. The van der Waals surface area contributed by atoms with E-state index >= 15 is 0 Å². The molecule has 47 heavy (non-hydrogen) atoms. The summed E-state index contributed by atoms with van der Waals surface area (Å²) >= 11 is 3.89. The number of amides is 5. The van der Waals surface area contributed by atoms with E-state index in [0.29, 0.717) is 84.0 Å². The Hall–Kier alpha value is -3.03. The Labute approximate surface area is 282 Å². The summed E-state index contributed by atoms with van der Waals surface area (Å²) in [6, 6.07) is -5.20. The lowest BCUT2D eigenvalue weighted by Crippen LogP contribution is -2.58. The minimum absolute atomic E-state index is 0.150. The van der Waals surface area contributed by atoms with Crippen LogP contribution in [0.3, 0.4) is 0 Å². The summed E-state index contributed by atoms with van der Waals surface area (Å²) in [5.41, 5.74) is 28.4. The van der Waals surface area contributed by atoms with E-state index in [-0.39, 0.29) is 25.0 Å². The van der Waals surface area contributed by atoms with Crippen LogP contribution in [-0.4, -0.2) is 109 Å². The number of unbranched alkanes of at least 4 members (excludes halogenated alkanes) is 4. The van der Waals surface area contributed by atoms with Gasteiger partial charge < -0.3 is 60.4 Å². The predicted octanol–water partition coefficient (Wildman–Crippen LogP) is -3.10. The van der Waals surface area contributed by atoms with Gasteiger partial charge in [-0.2, -0.15) is 12.6 Å². The molecule has 0 unspecified atom stereocenters. The number of carbonyl (C=O) groups is 6. The van der Waals surface area contributed by atoms with Crippen molar-refractivity contribution in [3.63, 3.8) is 0 Å². The molecule has 0 saturated heterocycles. The van der Waals surface area contributed by atoms with Crippen LogP contribution in [0.5, 0.6) is 0 Å². The van der Waals surface area contributed by atoms with Gasteiger partial charge in [0, 0.05) is 5.75 Å². The molecule has 5 atom stereocenters. The summed E-state index contributed by atoms with van der Waals surface area (Å²) in [4.78, 5) is 76.2. The molecule has 17 nitrogen and oxygen atoms in total. The average Bonchev–Trinajstić information content (AvgIpc) is 3.04. The van der Waals surface area contributed by atoms with Crippen LogP contribution in [0.2, 0.25) is 0 Å². The zero-order chi connectivity index (χ0) is 35.6. The Bertz CT molecular complexity index is 962. The fourth-order valence-electron chi connectivity index (χ4n) is 4.47. The Kier molecular flexibility index (Phi) is 25.2. The van der Waals surface area contributed by atoms with Gasteiger partial charge in [-0.25, -0.2) is 4.79 Å². The van der Waals surface area contributed by atoms with Gasteiger partial charge in [-0.15, -0.1) is 0 Å². The second-order valence-corrected chi connectivity index (χ2v) is 11.7. The Balaban J connectivity index is 5.77. The maximum Gasteiger partial charge on any atom is 0.327 e. The van der Waals surface area contributed by atoms with Gasteiger partial charge in [0.1, 0.15) is 24.2 Å². The largest absolute Gasteiger partial charge is 0.480 e. The zero-order valence-corrected chi connectivity index (χ0v) is 28.2. The van der Waals surface area contributed by atoms with Crippen LogP contribution in [0.1, 0.15) is 77.0 Å². The number of hydrogen-bond acceptors (Lipinski definition) is 12. The molecule has 272 valence electrons. The number of nitrogens with one attached hydrogen (secondary N) is 5. The fraction of sp³-hybridized carbons (Fsp3) is 0.793. The van der Waals surface area contributed by atoms with Crippen LogP contribution in [0.25, 0.3) is 0 Å². The van der Waals surface area contributed by atoms with Crippen molar-refractivity contribution in [2.24, 2.45) is 28.7 Å². The fourth-order valence-corrected chi connectivity index (χ4v) is 4.72. The second kappa shape index (κ2) is 27.0. The Morgan fingerprint density at radius 3 is 1.30 bits per heavy atom. The molecule has 5 amide bonds. The lowest BCUT2D eigenvalue weighted by Gasteiger charge is -2.26. The molecule has 0 heterocycles.